The Bertz CT molecular complexity index is 1180. The van der Waals surface area contributed by atoms with Gasteiger partial charge >= 0.3 is 0 Å². The summed E-state index contributed by atoms with van der Waals surface area (Å²) in [5.74, 6) is 0.801. The average molecular weight is 466 g/mol. The molecule has 0 unspecified atom stereocenters. The molecule has 32 heavy (non-hydrogen) atoms. The van der Waals surface area contributed by atoms with Crippen LogP contribution >= 0.6 is 23.4 Å². The van der Waals surface area contributed by atoms with E-state index in [1.165, 1.54) is 4.90 Å². The van der Waals surface area contributed by atoms with Crippen LogP contribution in [-0.2, 0) is 17.9 Å². The zero-order valence-electron chi connectivity index (χ0n) is 17.3. The third-order valence-electron chi connectivity index (χ3n) is 4.83. The van der Waals surface area contributed by atoms with E-state index >= 15 is 0 Å². The predicted octanol–water partition coefficient (Wildman–Crippen LogP) is 6.16. The van der Waals surface area contributed by atoms with Crippen molar-refractivity contribution in [1.29, 1.82) is 0 Å². The number of hydrogen-bond donors (Lipinski definition) is 0. The number of imide groups is 1. The van der Waals surface area contributed by atoms with Gasteiger partial charge in [0.05, 0.1) is 18.6 Å². The number of hydrogen-bond acceptors (Lipinski definition) is 5. The predicted molar refractivity (Wildman–Crippen MR) is 127 cm³/mol. The zero-order chi connectivity index (χ0) is 22.5. The van der Waals surface area contributed by atoms with Crippen LogP contribution < -0.4 is 9.47 Å². The lowest BCUT2D eigenvalue weighted by Crippen LogP contribution is -2.27. The minimum Gasteiger partial charge on any atom is -0.493 e. The number of carbonyl (C=O) groups excluding carboxylic acids is 2. The molecular weight excluding hydrogens is 446 g/mol. The van der Waals surface area contributed by atoms with E-state index in [2.05, 4.69) is 0 Å². The molecule has 0 aromatic heterocycles. The van der Waals surface area contributed by atoms with E-state index in [9.17, 15) is 9.59 Å². The number of thioether (sulfide) groups is 1. The molecule has 1 fully saturated rings. The lowest BCUT2D eigenvalue weighted by atomic mass is 10.1. The number of carbonyl (C=O) groups is 2. The maximum Gasteiger partial charge on any atom is 0.293 e. The molecule has 1 aliphatic rings. The van der Waals surface area contributed by atoms with Crippen molar-refractivity contribution in [2.24, 2.45) is 0 Å². The van der Waals surface area contributed by atoms with Crippen LogP contribution in [0, 0.1) is 0 Å². The topological polar surface area (TPSA) is 55.8 Å². The highest BCUT2D eigenvalue weighted by Crippen LogP contribution is 2.35. The van der Waals surface area contributed by atoms with Crippen LogP contribution in [0.4, 0.5) is 4.79 Å². The van der Waals surface area contributed by atoms with E-state index in [4.69, 9.17) is 21.1 Å². The molecule has 1 saturated heterocycles. The normalized spacial score (nSPS) is 14.8. The summed E-state index contributed by atoms with van der Waals surface area (Å²) in [7, 11) is 1.55. The Hall–Kier alpha value is -3.22. The van der Waals surface area contributed by atoms with Gasteiger partial charge in [0.2, 0.25) is 0 Å². The minimum atomic E-state index is -0.302. The second kappa shape index (κ2) is 9.94. The average Bonchev–Trinajstić information content (AvgIpc) is 3.06. The van der Waals surface area contributed by atoms with Gasteiger partial charge in [-0.25, -0.2) is 0 Å². The second-order valence-electron chi connectivity index (χ2n) is 7.08. The molecule has 0 bridgehead atoms. The molecule has 0 aliphatic carbocycles. The van der Waals surface area contributed by atoms with Gasteiger partial charge in [0.15, 0.2) is 11.5 Å². The number of ether oxygens (including phenoxy) is 2. The highest BCUT2D eigenvalue weighted by atomic mass is 35.5. The molecule has 0 saturated carbocycles. The number of nitrogens with zero attached hydrogens (tertiary/aromatic N) is 1. The molecule has 3 aromatic rings. The Morgan fingerprint density at radius 2 is 1.72 bits per heavy atom. The molecule has 162 valence electrons. The first-order valence-electron chi connectivity index (χ1n) is 9.88. The molecule has 4 rings (SSSR count). The van der Waals surface area contributed by atoms with Crippen molar-refractivity contribution in [1.82, 2.24) is 4.90 Å². The summed E-state index contributed by atoms with van der Waals surface area (Å²) in [4.78, 5) is 26.8. The van der Waals surface area contributed by atoms with Gasteiger partial charge in [-0.2, -0.15) is 0 Å². The molecule has 3 aromatic carbocycles. The van der Waals surface area contributed by atoms with Crippen LogP contribution in [0.3, 0.4) is 0 Å². The van der Waals surface area contributed by atoms with Crippen molar-refractivity contribution < 1.29 is 19.1 Å². The largest absolute Gasteiger partial charge is 0.493 e. The molecule has 0 atom stereocenters. The fourth-order valence-electron chi connectivity index (χ4n) is 3.23. The van der Waals surface area contributed by atoms with Crippen LogP contribution in [0.15, 0.2) is 77.7 Å². The van der Waals surface area contributed by atoms with E-state index in [1.807, 2.05) is 60.7 Å². The third kappa shape index (κ3) is 5.15. The van der Waals surface area contributed by atoms with Gasteiger partial charge in [-0.3, -0.25) is 14.5 Å². The molecule has 1 aliphatic heterocycles. The van der Waals surface area contributed by atoms with Gasteiger partial charge < -0.3 is 9.47 Å². The lowest BCUT2D eigenvalue weighted by molar-refractivity contribution is -0.123. The third-order valence-corrected chi connectivity index (χ3v) is 5.97. The van der Waals surface area contributed by atoms with Crippen molar-refractivity contribution >= 4 is 40.6 Å². The molecule has 0 radical (unpaired) electrons. The van der Waals surface area contributed by atoms with Crippen LogP contribution in [0.25, 0.3) is 6.08 Å². The monoisotopic (exact) mass is 465 g/mol. The lowest BCUT2D eigenvalue weighted by Gasteiger charge is -2.12. The maximum atomic E-state index is 12.8. The van der Waals surface area contributed by atoms with Gasteiger partial charge in [0.25, 0.3) is 11.1 Å². The van der Waals surface area contributed by atoms with Gasteiger partial charge in [-0.15, -0.1) is 0 Å². The molecule has 2 amide bonds. The number of methoxy groups -OCH3 is 1. The van der Waals surface area contributed by atoms with E-state index in [-0.39, 0.29) is 17.7 Å². The summed E-state index contributed by atoms with van der Waals surface area (Å²) < 4.78 is 11.3. The SMILES string of the molecule is COc1cc(/C=C2\SC(=O)N(Cc3ccccc3)C2=O)ccc1OCc1cccc(Cl)c1. The first-order valence-corrected chi connectivity index (χ1v) is 11.1. The van der Waals surface area contributed by atoms with Crippen LogP contribution in [0.2, 0.25) is 5.02 Å². The summed E-state index contributed by atoms with van der Waals surface area (Å²) in [6.07, 6.45) is 1.69. The minimum absolute atomic E-state index is 0.252. The second-order valence-corrected chi connectivity index (χ2v) is 8.51. The standard InChI is InChI=1S/C25H20ClNO4S/c1-30-22-13-18(10-11-21(22)31-16-19-8-5-9-20(26)12-19)14-23-24(28)27(25(29)32-23)15-17-6-3-2-4-7-17/h2-14H,15-16H2,1H3/b23-14-. The van der Waals surface area contributed by atoms with E-state index in [1.54, 1.807) is 25.3 Å². The maximum absolute atomic E-state index is 12.8. The first-order chi connectivity index (χ1) is 15.5. The summed E-state index contributed by atoms with van der Waals surface area (Å²) in [6, 6.07) is 22.3. The molecular formula is C25H20ClNO4S. The summed E-state index contributed by atoms with van der Waals surface area (Å²) in [5, 5.41) is 0.369. The Labute approximate surface area is 195 Å². The zero-order valence-corrected chi connectivity index (χ0v) is 18.9. The summed E-state index contributed by atoms with van der Waals surface area (Å²) in [5.41, 5.74) is 2.58. The van der Waals surface area contributed by atoms with Gasteiger partial charge in [0.1, 0.15) is 6.61 Å². The van der Waals surface area contributed by atoms with Crippen LogP contribution in [0.1, 0.15) is 16.7 Å². The van der Waals surface area contributed by atoms with Crippen molar-refractivity contribution in [3.05, 3.63) is 99.4 Å². The van der Waals surface area contributed by atoms with Crippen LogP contribution in [0.5, 0.6) is 11.5 Å². The van der Waals surface area contributed by atoms with Gasteiger partial charge in [0, 0.05) is 5.02 Å². The Kier molecular flexibility index (Phi) is 6.83. The van der Waals surface area contributed by atoms with E-state index in [0.717, 1.165) is 28.5 Å². The summed E-state index contributed by atoms with van der Waals surface area (Å²) >= 11 is 6.96. The van der Waals surface area contributed by atoms with Gasteiger partial charge in [-0.05, 0) is 58.8 Å². The Morgan fingerprint density at radius 3 is 2.47 bits per heavy atom. The molecule has 0 N–H and O–H groups in total. The van der Waals surface area contributed by atoms with Crippen LogP contribution in [-0.4, -0.2) is 23.2 Å². The van der Waals surface area contributed by atoms with E-state index in [0.29, 0.717) is 28.0 Å². The fourth-order valence-corrected chi connectivity index (χ4v) is 4.29. The molecule has 1 heterocycles. The Balaban J connectivity index is 1.48. The molecule has 7 heteroatoms. The fraction of sp³-hybridized carbons (Fsp3) is 0.120. The Morgan fingerprint density at radius 1 is 0.938 bits per heavy atom. The van der Waals surface area contributed by atoms with Crippen molar-refractivity contribution in [3.8, 4) is 11.5 Å². The molecule has 5 nitrogen and oxygen atoms in total. The number of rotatable bonds is 7. The van der Waals surface area contributed by atoms with Gasteiger partial charge in [-0.1, -0.05) is 60.1 Å². The summed E-state index contributed by atoms with van der Waals surface area (Å²) in [6.45, 7) is 0.594. The number of halogens is 1. The highest BCUT2D eigenvalue weighted by molar-refractivity contribution is 8.18. The van der Waals surface area contributed by atoms with Crippen molar-refractivity contribution in [3.63, 3.8) is 0 Å². The quantitative estimate of drug-likeness (QED) is 0.391. The smallest absolute Gasteiger partial charge is 0.293 e. The first kappa shape index (κ1) is 22.0. The van der Waals surface area contributed by atoms with Crippen molar-refractivity contribution in [2.45, 2.75) is 13.2 Å². The highest BCUT2D eigenvalue weighted by Gasteiger charge is 2.35. The van der Waals surface area contributed by atoms with E-state index < -0.39 is 0 Å². The van der Waals surface area contributed by atoms with Crippen molar-refractivity contribution in [2.75, 3.05) is 7.11 Å². The molecule has 0 spiro atoms. The number of benzene rings is 3. The number of amides is 2.